The van der Waals surface area contributed by atoms with E-state index in [-0.39, 0.29) is 25.4 Å². The highest BCUT2D eigenvalue weighted by atomic mass is 16.3. The second kappa shape index (κ2) is 4.93. The number of Topliss-reactive ketones (excluding diaryl/α,β-unsaturated/α-hetero) is 1. The number of rotatable bonds is 4. The van der Waals surface area contributed by atoms with Gasteiger partial charge in [0, 0.05) is 0 Å². The fourth-order valence-electron chi connectivity index (χ4n) is 0.444. The summed E-state index contributed by atoms with van der Waals surface area (Å²) >= 11 is 0. The molecule has 0 aromatic carbocycles. The Hall–Kier alpha value is -0.900. The van der Waals surface area contributed by atoms with Gasteiger partial charge in [0.05, 0.1) is 19.6 Å². The molecule has 0 aromatic rings. The summed E-state index contributed by atoms with van der Waals surface area (Å²) in [6, 6.07) is 0. The monoisotopic (exact) mass is 144 g/mol. The summed E-state index contributed by atoms with van der Waals surface area (Å²) in [7, 11) is 0. The molecule has 0 rings (SSSR count). The van der Waals surface area contributed by atoms with Crippen LogP contribution in [0.3, 0.4) is 0 Å². The van der Waals surface area contributed by atoms with Crippen LogP contribution in [-0.2, 0) is 9.59 Å². The lowest BCUT2D eigenvalue weighted by atomic mass is 10.3. The molecular weight excluding hydrogens is 134 g/mol. The summed E-state index contributed by atoms with van der Waals surface area (Å²) in [5.41, 5.74) is 0. The van der Waals surface area contributed by atoms with E-state index >= 15 is 0 Å². The van der Waals surface area contributed by atoms with E-state index in [1.54, 1.807) is 0 Å². The van der Waals surface area contributed by atoms with E-state index in [0.717, 1.165) is 0 Å². The minimum Gasteiger partial charge on any atom is -0.394 e. The van der Waals surface area contributed by atoms with Crippen LogP contribution in [0.15, 0.2) is 0 Å². The standard InChI is InChI=1S/C6H10NO3/c1-5(9)4-6(10)7-2-3-8/h8H,2-4H2,1H3. The van der Waals surface area contributed by atoms with Crippen LogP contribution >= 0.6 is 0 Å². The van der Waals surface area contributed by atoms with Gasteiger partial charge in [-0.25, -0.2) is 5.32 Å². The summed E-state index contributed by atoms with van der Waals surface area (Å²) in [5, 5.41) is 11.6. The lowest BCUT2D eigenvalue weighted by Gasteiger charge is -1.95. The van der Waals surface area contributed by atoms with Gasteiger partial charge < -0.3 is 5.11 Å². The van der Waals surface area contributed by atoms with Crippen LogP contribution < -0.4 is 5.32 Å². The number of hydrogen-bond donors (Lipinski definition) is 1. The van der Waals surface area contributed by atoms with Crippen molar-refractivity contribution in [1.82, 2.24) is 5.32 Å². The van der Waals surface area contributed by atoms with E-state index in [4.69, 9.17) is 5.11 Å². The molecule has 0 aliphatic rings. The molecule has 0 saturated heterocycles. The lowest BCUT2D eigenvalue weighted by Crippen LogP contribution is -2.20. The first-order valence-electron chi connectivity index (χ1n) is 2.97. The zero-order chi connectivity index (χ0) is 7.98. The van der Waals surface area contributed by atoms with E-state index in [9.17, 15) is 9.59 Å². The number of carbonyl (C=O) groups is 2. The molecule has 0 aliphatic carbocycles. The number of aliphatic hydroxyl groups is 1. The third kappa shape index (κ3) is 5.24. The second-order valence-electron chi connectivity index (χ2n) is 1.88. The van der Waals surface area contributed by atoms with Crippen LogP contribution in [0.25, 0.3) is 0 Å². The van der Waals surface area contributed by atoms with Crippen molar-refractivity contribution in [2.45, 2.75) is 13.3 Å². The Morgan fingerprint density at radius 3 is 2.50 bits per heavy atom. The van der Waals surface area contributed by atoms with Crippen molar-refractivity contribution >= 4 is 11.7 Å². The minimum atomic E-state index is -0.457. The van der Waals surface area contributed by atoms with Gasteiger partial charge >= 0.3 is 0 Å². The molecule has 1 N–H and O–H groups in total. The second-order valence-corrected chi connectivity index (χ2v) is 1.88. The van der Waals surface area contributed by atoms with Crippen molar-refractivity contribution in [3.63, 3.8) is 0 Å². The van der Waals surface area contributed by atoms with Gasteiger partial charge in [-0.2, -0.15) is 0 Å². The first-order valence-corrected chi connectivity index (χ1v) is 2.97. The maximum Gasteiger partial charge on any atom is 0.248 e. The first-order chi connectivity index (χ1) is 4.66. The Labute approximate surface area is 59.2 Å². The molecule has 0 heterocycles. The maximum atomic E-state index is 10.5. The number of carbonyl (C=O) groups excluding carboxylic acids is 2. The number of nitrogens with zero attached hydrogens (tertiary/aromatic N) is 1. The molecule has 0 fully saturated rings. The largest absolute Gasteiger partial charge is 0.394 e. The average Bonchev–Trinajstić information content (AvgIpc) is 1.82. The SMILES string of the molecule is CC(=O)CC(=O)[N]CCO. The summed E-state index contributed by atoms with van der Waals surface area (Å²) in [6.45, 7) is 1.27. The van der Waals surface area contributed by atoms with E-state index in [1.165, 1.54) is 6.92 Å². The average molecular weight is 144 g/mol. The summed E-state index contributed by atoms with van der Waals surface area (Å²) in [4.78, 5) is 20.8. The van der Waals surface area contributed by atoms with Gasteiger partial charge in [0.1, 0.15) is 5.78 Å². The molecule has 1 amide bonds. The number of ketones is 1. The molecule has 0 unspecified atom stereocenters. The zero-order valence-electron chi connectivity index (χ0n) is 5.83. The maximum absolute atomic E-state index is 10.5. The predicted octanol–water partition coefficient (Wildman–Crippen LogP) is -0.911. The van der Waals surface area contributed by atoms with Crippen molar-refractivity contribution in [3.05, 3.63) is 0 Å². The van der Waals surface area contributed by atoms with Crippen LogP contribution in [-0.4, -0.2) is 29.9 Å². The fourth-order valence-corrected chi connectivity index (χ4v) is 0.444. The van der Waals surface area contributed by atoms with Crippen LogP contribution in [0.5, 0.6) is 0 Å². The van der Waals surface area contributed by atoms with Gasteiger partial charge in [-0.3, -0.25) is 9.59 Å². The molecule has 57 valence electrons. The Morgan fingerprint density at radius 1 is 1.50 bits per heavy atom. The molecule has 0 aromatic heterocycles. The molecule has 4 heteroatoms. The van der Waals surface area contributed by atoms with Crippen molar-refractivity contribution in [2.75, 3.05) is 13.2 Å². The molecule has 0 saturated carbocycles. The van der Waals surface area contributed by atoms with Crippen molar-refractivity contribution in [1.29, 1.82) is 0 Å². The topological polar surface area (TPSA) is 68.5 Å². The quantitative estimate of drug-likeness (QED) is 0.519. The Morgan fingerprint density at radius 2 is 2.10 bits per heavy atom. The van der Waals surface area contributed by atoms with Crippen LogP contribution in [0.4, 0.5) is 0 Å². The summed E-state index contributed by atoms with van der Waals surface area (Å²) < 4.78 is 0. The van der Waals surface area contributed by atoms with Crippen LogP contribution in [0, 0.1) is 0 Å². The number of amides is 1. The van der Waals surface area contributed by atoms with E-state index in [2.05, 4.69) is 5.32 Å². The minimum absolute atomic E-state index is 0.0894. The normalized spacial score (nSPS) is 9.00. The van der Waals surface area contributed by atoms with E-state index in [0.29, 0.717) is 0 Å². The highest BCUT2D eigenvalue weighted by Crippen LogP contribution is 1.81. The lowest BCUT2D eigenvalue weighted by molar-refractivity contribution is -0.127. The van der Waals surface area contributed by atoms with Gasteiger partial charge in [0.15, 0.2) is 0 Å². The van der Waals surface area contributed by atoms with Gasteiger partial charge in [-0.05, 0) is 6.92 Å². The number of hydrogen-bond acceptors (Lipinski definition) is 3. The molecule has 0 atom stereocenters. The smallest absolute Gasteiger partial charge is 0.248 e. The Kier molecular flexibility index (Phi) is 4.49. The van der Waals surface area contributed by atoms with Gasteiger partial charge in [0.25, 0.3) is 0 Å². The van der Waals surface area contributed by atoms with Crippen LogP contribution in [0.2, 0.25) is 0 Å². The predicted molar refractivity (Wildman–Crippen MR) is 34.4 cm³/mol. The van der Waals surface area contributed by atoms with Gasteiger partial charge in [-0.1, -0.05) is 0 Å². The van der Waals surface area contributed by atoms with Gasteiger partial charge in [-0.15, -0.1) is 0 Å². The van der Waals surface area contributed by atoms with Crippen molar-refractivity contribution in [3.8, 4) is 0 Å². The first kappa shape index (κ1) is 9.10. The Bertz CT molecular complexity index is 133. The molecule has 4 nitrogen and oxygen atoms in total. The van der Waals surface area contributed by atoms with Gasteiger partial charge in [0.2, 0.25) is 5.91 Å². The van der Waals surface area contributed by atoms with E-state index < -0.39 is 5.91 Å². The third-order valence-corrected chi connectivity index (χ3v) is 0.788. The molecule has 10 heavy (non-hydrogen) atoms. The summed E-state index contributed by atoms with van der Waals surface area (Å²) in [5.74, 6) is -0.659. The Balaban J connectivity index is 3.35. The van der Waals surface area contributed by atoms with Crippen molar-refractivity contribution < 1.29 is 14.7 Å². The zero-order valence-corrected chi connectivity index (χ0v) is 5.83. The molecule has 0 aliphatic heterocycles. The summed E-state index contributed by atoms with van der Waals surface area (Å²) in [6.07, 6.45) is -0.153. The molecular formula is C6H10NO3. The number of aliphatic hydroxyl groups excluding tert-OH is 1. The highest BCUT2D eigenvalue weighted by Gasteiger charge is 2.04. The fraction of sp³-hybridized carbons (Fsp3) is 0.667. The third-order valence-electron chi connectivity index (χ3n) is 0.788. The molecule has 1 radical (unpaired) electrons. The molecule has 0 bridgehead atoms. The molecule has 0 spiro atoms. The van der Waals surface area contributed by atoms with Crippen molar-refractivity contribution in [2.24, 2.45) is 0 Å². The van der Waals surface area contributed by atoms with E-state index in [1.807, 2.05) is 0 Å². The highest BCUT2D eigenvalue weighted by molar-refractivity contribution is 5.96. The van der Waals surface area contributed by atoms with Crippen LogP contribution in [0.1, 0.15) is 13.3 Å².